The number of benzene rings is 1. The molecule has 0 saturated carbocycles. The van der Waals surface area contributed by atoms with Crippen molar-refractivity contribution in [3.05, 3.63) is 52.9 Å². The molecule has 0 aliphatic carbocycles. The third kappa shape index (κ3) is 4.49. The van der Waals surface area contributed by atoms with Gasteiger partial charge in [0.15, 0.2) is 5.82 Å². The summed E-state index contributed by atoms with van der Waals surface area (Å²) >= 11 is 6.11. The highest BCUT2D eigenvalue weighted by Gasteiger charge is 2.22. The minimum Gasteiger partial charge on any atom is -0.313 e. The van der Waals surface area contributed by atoms with E-state index in [4.69, 9.17) is 11.6 Å². The molecule has 3 aromatic rings. The van der Waals surface area contributed by atoms with Gasteiger partial charge in [0.1, 0.15) is 11.5 Å². The lowest BCUT2D eigenvalue weighted by Crippen LogP contribution is -2.16. The fourth-order valence-corrected chi connectivity index (χ4v) is 4.30. The van der Waals surface area contributed by atoms with E-state index in [1.807, 2.05) is 33.0 Å². The fourth-order valence-electron chi connectivity index (χ4n) is 3.08. The van der Waals surface area contributed by atoms with Crippen LogP contribution in [-0.4, -0.2) is 28.2 Å². The Hall–Kier alpha value is -2.45. The highest BCUT2D eigenvalue weighted by atomic mass is 35.5. The fraction of sp³-hybridized carbons (Fsp3) is 0.381. The molecule has 0 fully saturated rings. The average molecular weight is 448 g/mol. The predicted molar refractivity (Wildman–Crippen MR) is 119 cm³/mol. The third-order valence-corrected chi connectivity index (χ3v) is 6.35. The number of sulfonamides is 1. The Kier molecular flexibility index (Phi) is 5.93. The van der Waals surface area contributed by atoms with Crippen LogP contribution in [0, 0.1) is 0 Å². The monoisotopic (exact) mass is 447 g/mol. The second-order valence-electron chi connectivity index (χ2n) is 8.53. The van der Waals surface area contributed by atoms with Gasteiger partial charge in [-0.25, -0.2) is 13.4 Å². The van der Waals surface area contributed by atoms with Crippen LogP contribution in [0.1, 0.15) is 51.9 Å². The van der Waals surface area contributed by atoms with Crippen molar-refractivity contribution in [2.45, 2.75) is 50.8 Å². The van der Waals surface area contributed by atoms with Gasteiger partial charge < -0.3 is 4.57 Å². The smallest absolute Gasteiger partial charge is 0.261 e. The number of hydrogen-bond donors (Lipinski definition) is 1. The number of aromatic nitrogens is 4. The van der Waals surface area contributed by atoms with Gasteiger partial charge in [0.05, 0.1) is 15.6 Å². The van der Waals surface area contributed by atoms with Crippen LogP contribution in [0.15, 0.2) is 41.4 Å². The normalized spacial score (nSPS) is 12.4. The zero-order valence-corrected chi connectivity index (χ0v) is 19.5. The Morgan fingerprint density at radius 3 is 2.27 bits per heavy atom. The molecule has 7 nitrogen and oxygen atoms in total. The van der Waals surface area contributed by atoms with Gasteiger partial charge in [-0.2, -0.15) is 0 Å². The zero-order valence-electron chi connectivity index (χ0n) is 17.9. The average Bonchev–Trinajstić information content (AvgIpc) is 3.02. The Morgan fingerprint density at radius 2 is 1.73 bits per heavy atom. The predicted octanol–water partition coefficient (Wildman–Crippen LogP) is 4.75. The van der Waals surface area contributed by atoms with E-state index in [0.29, 0.717) is 16.5 Å². The first-order valence-electron chi connectivity index (χ1n) is 9.58. The molecule has 0 amide bonds. The van der Waals surface area contributed by atoms with Crippen molar-refractivity contribution in [2.75, 3.05) is 4.72 Å². The van der Waals surface area contributed by atoms with E-state index in [-0.39, 0.29) is 21.9 Å². The summed E-state index contributed by atoms with van der Waals surface area (Å²) in [4.78, 5) is 4.48. The number of halogens is 1. The van der Waals surface area contributed by atoms with E-state index in [9.17, 15) is 8.42 Å². The molecule has 160 valence electrons. The van der Waals surface area contributed by atoms with Crippen molar-refractivity contribution in [2.24, 2.45) is 7.05 Å². The molecule has 9 heteroatoms. The molecule has 2 heterocycles. The van der Waals surface area contributed by atoms with E-state index in [1.54, 1.807) is 16.7 Å². The van der Waals surface area contributed by atoms with Crippen molar-refractivity contribution in [3.63, 3.8) is 0 Å². The van der Waals surface area contributed by atoms with Gasteiger partial charge in [-0.15, -0.1) is 10.2 Å². The lowest BCUT2D eigenvalue weighted by molar-refractivity contribution is 0.587. The van der Waals surface area contributed by atoms with Crippen LogP contribution in [0.25, 0.3) is 11.5 Å². The van der Waals surface area contributed by atoms with Crippen LogP contribution >= 0.6 is 11.6 Å². The van der Waals surface area contributed by atoms with Crippen LogP contribution in [0.2, 0.25) is 5.02 Å². The molecule has 0 saturated heterocycles. The molecule has 0 unspecified atom stereocenters. The van der Waals surface area contributed by atoms with Gasteiger partial charge in [-0.05, 0) is 29.2 Å². The Labute approximate surface area is 182 Å². The van der Waals surface area contributed by atoms with E-state index >= 15 is 0 Å². The highest BCUT2D eigenvalue weighted by Crippen LogP contribution is 2.30. The van der Waals surface area contributed by atoms with Crippen LogP contribution in [-0.2, 0) is 22.5 Å². The lowest BCUT2D eigenvalue weighted by atomic mass is 9.87. The SMILES string of the molecule is CC(C)c1nnc(-c2ncc(Cl)cc2NS(=O)(=O)c2ccc(C(C)(C)C)cc2)n1C. The Balaban J connectivity index is 2.01. The minimum atomic E-state index is -3.85. The summed E-state index contributed by atoms with van der Waals surface area (Å²) in [6.45, 7) is 10.2. The summed E-state index contributed by atoms with van der Waals surface area (Å²) in [6.07, 6.45) is 1.45. The quantitative estimate of drug-likeness (QED) is 0.609. The number of nitrogens with one attached hydrogen (secondary N) is 1. The van der Waals surface area contributed by atoms with Gasteiger partial charge in [0.2, 0.25) is 0 Å². The van der Waals surface area contributed by atoms with Crippen molar-refractivity contribution in [1.29, 1.82) is 0 Å². The summed E-state index contributed by atoms with van der Waals surface area (Å²) in [5.74, 6) is 1.38. The molecule has 3 rings (SSSR count). The Bertz CT molecular complexity index is 1160. The molecule has 0 aliphatic heterocycles. The summed E-state index contributed by atoms with van der Waals surface area (Å²) in [6, 6.07) is 8.36. The summed E-state index contributed by atoms with van der Waals surface area (Å²) in [5.41, 5.74) is 1.58. The Morgan fingerprint density at radius 1 is 1.10 bits per heavy atom. The van der Waals surface area contributed by atoms with Crippen LogP contribution < -0.4 is 4.72 Å². The second kappa shape index (κ2) is 8.00. The number of anilines is 1. The molecule has 0 aliphatic rings. The molecule has 1 N–H and O–H groups in total. The van der Waals surface area contributed by atoms with E-state index in [0.717, 1.165) is 11.4 Å². The van der Waals surface area contributed by atoms with Gasteiger partial charge >= 0.3 is 0 Å². The zero-order chi connectivity index (χ0) is 22.3. The maximum atomic E-state index is 13.0. The first-order valence-corrected chi connectivity index (χ1v) is 11.4. The summed E-state index contributed by atoms with van der Waals surface area (Å²) in [5, 5.41) is 8.73. The van der Waals surface area contributed by atoms with Crippen LogP contribution in [0.4, 0.5) is 5.69 Å². The number of rotatable bonds is 5. The molecule has 0 bridgehead atoms. The van der Waals surface area contributed by atoms with Crippen LogP contribution in [0.3, 0.4) is 0 Å². The highest BCUT2D eigenvalue weighted by molar-refractivity contribution is 7.92. The van der Waals surface area contributed by atoms with Gasteiger partial charge in [-0.1, -0.05) is 58.4 Å². The lowest BCUT2D eigenvalue weighted by Gasteiger charge is -2.19. The maximum absolute atomic E-state index is 13.0. The van der Waals surface area contributed by atoms with Crippen molar-refractivity contribution in [1.82, 2.24) is 19.7 Å². The molecular weight excluding hydrogens is 422 g/mol. The van der Waals surface area contributed by atoms with E-state index in [2.05, 4.69) is 40.7 Å². The second-order valence-corrected chi connectivity index (χ2v) is 10.6. The van der Waals surface area contributed by atoms with Gasteiger partial charge in [0, 0.05) is 19.2 Å². The number of nitrogens with zero attached hydrogens (tertiary/aromatic N) is 4. The van der Waals surface area contributed by atoms with Crippen LogP contribution in [0.5, 0.6) is 0 Å². The topological polar surface area (TPSA) is 89.8 Å². The molecule has 1 aromatic carbocycles. The summed E-state index contributed by atoms with van der Waals surface area (Å²) in [7, 11) is -2.03. The van der Waals surface area contributed by atoms with Crippen molar-refractivity contribution >= 4 is 27.3 Å². The summed E-state index contributed by atoms with van der Waals surface area (Å²) < 4.78 is 30.5. The molecule has 0 radical (unpaired) electrons. The van der Waals surface area contributed by atoms with Gasteiger partial charge in [-0.3, -0.25) is 4.72 Å². The standard InChI is InChI=1S/C21H26ClN5O2S/c1-13(2)19-24-25-20(27(19)6)18-17(11-15(22)12-23-18)26-30(28,29)16-9-7-14(8-10-16)21(3,4)5/h7-13,26H,1-6H3. The number of pyridine rings is 1. The largest absolute Gasteiger partial charge is 0.313 e. The van der Waals surface area contributed by atoms with Gasteiger partial charge in [0.25, 0.3) is 10.0 Å². The van der Waals surface area contributed by atoms with Crippen molar-refractivity contribution < 1.29 is 8.42 Å². The molecular formula is C21H26ClN5O2S. The van der Waals surface area contributed by atoms with Crippen molar-refractivity contribution in [3.8, 4) is 11.5 Å². The maximum Gasteiger partial charge on any atom is 0.261 e. The molecule has 30 heavy (non-hydrogen) atoms. The first kappa shape index (κ1) is 22.2. The third-order valence-electron chi connectivity index (χ3n) is 4.77. The van der Waals surface area contributed by atoms with E-state index in [1.165, 1.54) is 12.3 Å². The molecule has 0 spiro atoms. The van der Waals surface area contributed by atoms with E-state index < -0.39 is 10.0 Å². The molecule has 2 aromatic heterocycles. The molecule has 0 atom stereocenters. The number of hydrogen-bond acceptors (Lipinski definition) is 5. The first-order chi connectivity index (χ1) is 13.9. The minimum absolute atomic E-state index is 0.0703.